The molecule has 0 bridgehead atoms. The van der Waals surface area contributed by atoms with Crippen LogP contribution in [0, 0.1) is 0 Å². The summed E-state index contributed by atoms with van der Waals surface area (Å²) in [5.41, 5.74) is 0.365. The summed E-state index contributed by atoms with van der Waals surface area (Å²) in [4.78, 5) is 16.3. The van der Waals surface area contributed by atoms with Gasteiger partial charge in [0.05, 0.1) is 31.1 Å². The van der Waals surface area contributed by atoms with Crippen LogP contribution in [0.25, 0.3) is 0 Å². The molecule has 0 fully saturated rings. The first kappa shape index (κ1) is 15.1. The number of nitrogens with zero attached hydrogens (tertiary/aromatic N) is 3. The van der Waals surface area contributed by atoms with Crippen LogP contribution < -0.4 is 10.9 Å². The Bertz CT molecular complexity index is 614. The highest BCUT2D eigenvalue weighted by Crippen LogP contribution is 2.26. The van der Waals surface area contributed by atoms with Crippen molar-refractivity contribution in [2.75, 3.05) is 11.9 Å². The van der Waals surface area contributed by atoms with E-state index in [1.165, 1.54) is 4.68 Å². The van der Waals surface area contributed by atoms with E-state index in [-0.39, 0.29) is 24.8 Å². The van der Waals surface area contributed by atoms with Gasteiger partial charge in [0, 0.05) is 11.6 Å². The average Bonchev–Trinajstić information content (AvgIpc) is 2.97. The molecule has 108 valence electrons. The van der Waals surface area contributed by atoms with Crippen molar-refractivity contribution in [1.29, 1.82) is 0 Å². The molecule has 1 atom stereocenters. The summed E-state index contributed by atoms with van der Waals surface area (Å²) in [7, 11) is 0. The number of nitrogens with one attached hydrogen (secondary N) is 1. The molecule has 2 heterocycles. The van der Waals surface area contributed by atoms with Gasteiger partial charge in [0.2, 0.25) is 0 Å². The van der Waals surface area contributed by atoms with Crippen molar-refractivity contribution >= 4 is 33.0 Å². The fraction of sp³-hybridized carbons (Fsp3) is 0.417. The third-order valence-electron chi connectivity index (χ3n) is 2.78. The molecule has 1 unspecified atom stereocenters. The fourth-order valence-corrected chi connectivity index (χ4v) is 2.95. The standard InChI is InChI=1S/C12H15BrN4O2S/c1-2-8(11-14-3-6-20-11)16-9-7-15-17(4-5-18)12(19)10(9)13/h3,6-8,16,18H,2,4-5H2,1H3. The van der Waals surface area contributed by atoms with Gasteiger partial charge in [-0.1, -0.05) is 6.92 Å². The van der Waals surface area contributed by atoms with Gasteiger partial charge in [-0.15, -0.1) is 11.3 Å². The lowest BCUT2D eigenvalue weighted by atomic mass is 10.2. The number of aliphatic hydroxyl groups is 1. The number of rotatable bonds is 6. The summed E-state index contributed by atoms with van der Waals surface area (Å²) in [6.07, 6.45) is 4.19. The highest BCUT2D eigenvalue weighted by Gasteiger charge is 2.15. The zero-order valence-corrected chi connectivity index (χ0v) is 13.3. The summed E-state index contributed by atoms with van der Waals surface area (Å²) < 4.78 is 1.63. The molecule has 0 saturated heterocycles. The van der Waals surface area contributed by atoms with E-state index < -0.39 is 0 Å². The Morgan fingerprint density at radius 3 is 3.00 bits per heavy atom. The molecule has 2 rings (SSSR count). The van der Waals surface area contributed by atoms with E-state index in [0.717, 1.165) is 11.4 Å². The fourth-order valence-electron chi connectivity index (χ4n) is 1.75. The summed E-state index contributed by atoms with van der Waals surface area (Å²) >= 11 is 4.86. The first-order valence-electron chi connectivity index (χ1n) is 6.19. The summed E-state index contributed by atoms with van der Waals surface area (Å²) in [5, 5.41) is 19.1. The third kappa shape index (κ3) is 3.25. The highest BCUT2D eigenvalue weighted by molar-refractivity contribution is 9.10. The smallest absolute Gasteiger partial charge is 0.283 e. The van der Waals surface area contributed by atoms with Gasteiger partial charge in [0.25, 0.3) is 5.56 Å². The quantitative estimate of drug-likeness (QED) is 0.825. The molecule has 8 heteroatoms. The lowest BCUT2D eigenvalue weighted by molar-refractivity contribution is 0.266. The maximum Gasteiger partial charge on any atom is 0.283 e. The Kier molecular flexibility index (Phi) is 5.27. The van der Waals surface area contributed by atoms with Crippen LogP contribution in [0.5, 0.6) is 0 Å². The molecule has 0 radical (unpaired) electrons. The Labute approximate surface area is 128 Å². The number of anilines is 1. The zero-order chi connectivity index (χ0) is 14.5. The SMILES string of the molecule is CCC(Nc1cnn(CCO)c(=O)c1Br)c1nccs1. The van der Waals surface area contributed by atoms with Crippen LogP contribution in [0.4, 0.5) is 5.69 Å². The van der Waals surface area contributed by atoms with E-state index in [1.54, 1.807) is 23.7 Å². The van der Waals surface area contributed by atoms with Crippen molar-refractivity contribution in [3.8, 4) is 0 Å². The molecule has 0 amide bonds. The molecule has 2 N–H and O–H groups in total. The Morgan fingerprint density at radius 1 is 1.60 bits per heavy atom. The van der Waals surface area contributed by atoms with Crippen molar-refractivity contribution in [2.24, 2.45) is 0 Å². The first-order valence-corrected chi connectivity index (χ1v) is 7.87. The molecule has 0 aromatic carbocycles. The highest BCUT2D eigenvalue weighted by atomic mass is 79.9. The maximum absolute atomic E-state index is 12.0. The number of hydrogen-bond donors (Lipinski definition) is 2. The minimum absolute atomic E-state index is 0.0428. The van der Waals surface area contributed by atoms with Gasteiger partial charge in [0.15, 0.2) is 0 Å². The van der Waals surface area contributed by atoms with E-state index >= 15 is 0 Å². The minimum Gasteiger partial charge on any atom is -0.394 e. The molecule has 0 aliphatic heterocycles. The lowest BCUT2D eigenvalue weighted by Crippen LogP contribution is -2.26. The van der Waals surface area contributed by atoms with Crippen LogP contribution >= 0.6 is 27.3 Å². The van der Waals surface area contributed by atoms with Gasteiger partial charge >= 0.3 is 0 Å². The number of aromatic nitrogens is 3. The summed E-state index contributed by atoms with van der Waals surface area (Å²) in [5.74, 6) is 0. The Hall–Kier alpha value is -1.25. The molecule has 0 aliphatic carbocycles. The van der Waals surface area contributed by atoms with E-state index in [4.69, 9.17) is 5.11 Å². The topological polar surface area (TPSA) is 80.0 Å². The Morgan fingerprint density at radius 2 is 2.40 bits per heavy atom. The van der Waals surface area contributed by atoms with E-state index in [2.05, 4.69) is 31.3 Å². The second-order valence-corrected chi connectivity index (χ2v) is 5.82. The van der Waals surface area contributed by atoms with Gasteiger partial charge in [-0.25, -0.2) is 9.67 Å². The second-order valence-electron chi connectivity index (χ2n) is 4.10. The van der Waals surface area contributed by atoms with E-state index in [0.29, 0.717) is 10.2 Å². The molecule has 0 aliphatic rings. The van der Waals surface area contributed by atoms with E-state index in [1.807, 2.05) is 12.3 Å². The predicted octanol–water partition coefficient (Wildman–Crippen LogP) is 2.02. The third-order valence-corrected chi connectivity index (χ3v) is 4.44. The van der Waals surface area contributed by atoms with Gasteiger partial charge < -0.3 is 10.4 Å². The van der Waals surface area contributed by atoms with Crippen molar-refractivity contribution in [3.05, 3.63) is 37.6 Å². The molecular weight excluding hydrogens is 344 g/mol. The predicted molar refractivity (Wildman–Crippen MR) is 82.1 cm³/mol. The van der Waals surface area contributed by atoms with Crippen molar-refractivity contribution in [3.63, 3.8) is 0 Å². The molecule has 6 nitrogen and oxygen atoms in total. The molecule has 0 saturated carbocycles. The van der Waals surface area contributed by atoms with Gasteiger partial charge in [-0.2, -0.15) is 5.10 Å². The van der Waals surface area contributed by atoms with Crippen LogP contribution in [-0.2, 0) is 6.54 Å². The Balaban J connectivity index is 2.25. The van der Waals surface area contributed by atoms with Crippen LogP contribution in [0.1, 0.15) is 24.4 Å². The first-order chi connectivity index (χ1) is 9.67. The number of halogens is 1. The van der Waals surface area contributed by atoms with Crippen LogP contribution in [-0.4, -0.2) is 26.5 Å². The number of aliphatic hydroxyl groups excluding tert-OH is 1. The summed E-state index contributed by atoms with van der Waals surface area (Å²) in [6, 6.07) is 0.0428. The average molecular weight is 359 g/mol. The van der Waals surface area contributed by atoms with Gasteiger partial charge in [-0.05, 0) is 22.4 Å². The second kappa shape index (κ2) is 6.96. The molecule has 2 aromatic heterocycles. The van der Waals surface area contributed by atoms with Crippen molar-refractivity contribution in [1.82, 2.24) is 14.8 Å². The monoisotopic (exact) mass is 358 g/mol. The number of thiazole rings is 1. The molecule has 20 heavy (non-hydrogen) atoms. The van der Waals surface area contributed by atoms with Gasteiger partial charge in [0.1, 0.15) is 9.48 Å². The number of hydrogen-bond acceptors (Lipinski definition) is 6. The lowest BCUT2D eigenvalue weighted by Gasteiger charge is -2.17. The van der Waals surface area contributed by atoms with Crippen molar-refractivity contribution in [2.45, 2.75) is 25.9 Å². The van der Waals surface area contributed by atoms with Gasteiger partial charge in [-0.3, -0.25) is 4.79 Å². The van der Waals surface area contributed by atoms with Crippen LogP contribution in [0.15, 0.2) is 27.0 Å². The van der Waals surface area contributed by atoms with Crippen LogP contribution in [0.2, 0.25) is 0 Å². The largest absolute Gasteiger partial charge is 0.394 e. The zero-order valence-electron chi connectivity index (χ0n) is 10.9. The molecule has 0 spiro atoms. The summed E-state index contributed by atoms with van der Waals surface area (Å²) in [6.45, 7) is 2.11. The minimum atomic E-state index is -0.266. The van der Waals surface area contributed by atoms with Crippen molar-refractivity contribution < 1.29 is 5.11 Å². The normalized spacial score (nSPS) is 12.3. The maximum atomic E-state index is 12.0. The van der Waals surface area contributed by atoms with Crippen LogP contribution in [0.3, 0.4) is 0 Å². The molecule has 2 aromatic rings. The van der Waals surface area contributed by atoms with E-state index in [9.17, 15) is 4.79 Å². The molecular formula is C12H15BrN4O2S.